The summed E-state index contributed by atoms with van der Waals surface area (Å²) in [5.74, 6) is 1.93. The van der Waals surface area contributed by atoms with E-state index in [1.807, 2.05) is 0 Å². The zero-order chi connectivity index (χ0) is 13.5. The van der Waals surface area contributed by atoms with E-state index < -0.39 is 0 Å². The van der Waals surface area contributed by atoms with Gasteiger partial charge < -0.3 is 5.32 Å². The molecule has 1 saturated carbocycles. The maximum absolute atomic E-state index is 3.76. The quantitative estimate of drug-likeness (QED) is 0.790. The second kappa shape index (κ2) is 7.96. The summed E-state index contributed by atoms with van der Waals surface area (Å²) in [4.78, 5) is 0. The smallest absolute Gasteiger partial charge is 0.00780 e. The molecule has 1 aromatic carbocycles. The minimum Gasteiger partial charge on any atom is -0.314 e. The van der Waals surface area contributed by atoms with Gasteiger partial charge in [0.15, 0.2) is 0 Å². The Balaban J connectivity index is 1.64. The van der Waals surface area contributed by atoms with Crippen molar-refractivity contribution in [2.75, 3.05) is 12.3 Å². The van der Waals surface area contributed by atoms with E-state index in [4.69, 9.17) is 0 Å². The average Bonchev–Trinajstić information content (AvgIpc) is 2.88. The molecule has 1 fully saturated rings. The van der Waals surface area contributed by atoms with E-state index in [1.54, 1.807) is 0 Å². The second-order valence-electron chi connectivity index (χ2n) is 5.64. The predicted molar refractivity (Wildman–Crippen MR) is 87.0 cm³/mol. The van der Waals surface area contributed by atoms with Gasteiger partial charge in [-0.1, -0.05) is 44.2 Å². The molecule has 1 aromatic rings. The number of benzene rings is 1. The number of nitrogens with one attached hydrogen (secondary N) is 1. The molecule has 1 aliphatic rings. The lowest BCUT2D eigenvalue weighted by Gasteiger charge is -2.16. The van der Waals surface area contributed by atoms with Crippen molar-refractivity contribution < 1.29 is 0 Å². The highest BCUT2D eigenvalue weighted by Gasteiger charge is 2.23. The zero-order valence-electron chi connectivity index (χ0n) is 12.3. The van der Waals surface area contributed by atoms with E-state index in [0.717, 1.165) is 17.8 Å². The van der Waals surface area contributed by atoms with Crippen LogP contribution in [0.25, 0.3) is 0 Å². The first-order valence-electron chi connectivity index (χ1n) is 7.69. The van der Waals surface area contributed by atoms with E-state index >= 15 is 0 Å². The van der Waals surface area contributed by atoms with E-state index in [9.17, 15) is 0 Å². The van der Waals surface area contributed by atoms with E-state index in [1.165, 1.54) is 37.0 Å². The molecule has 0 radical (unpaired) electrons. The SMILES string of the molecule is CCSC1CCC(NCCC(C)c2ccccc2)C1. The van der Waals surface area contributed by atoms with Crippen molar-refractivity contribution in [1.82, 2.24) is 5.32 Å². The molecule has 3 unspecified atom stereocenters. The number of hydrogen-bond donors (Lipinski definition) is 1. The van der Waals surface area contributed by atoms with Gasteiger partial charge in [0.05, 0.1) is 0 Å². The molecule has 0 saturated heterocycles. The van der Waals surface area contributed by atoms with Gasteiger partial charge in [-0.2, -0.15) is 11.8 Å². The van der Waals surface area contributed by atoms with Gasteiger partial charge in [0, 0.05) is 11.3 Å². The minimum atomic E-state index is 0.663. The maximum Gasteiger partial charge on any atom is 0.00780 e. The van der Waals surface area contributed by atoms with Gasteiger partial charge in [-0.15, -0.1) is 0 Å². The summed E-state index contributed by atoms with van der Waals surface area (Å²) in [5, 5.41) is 4.67. The third-order valence-corrected chi connectivity index (χ3v) is 5.40. The lowest BCUT2D eigenvalue weighted by molar-refractivity contribution is 0.498. The molecule has 0 amide bonds. The predicted octanol–water partition coefficient (Wildman–Crippen LogP) is 4.44. The first-order valence-corrected chi connectivity index (χ1v) is 8.74. The summed E-state index contributed by atoms with van der Waals surface area (Å²) in [6.45, 7) is 5.76. The molecule has 0 spiro atoms. The van der Waals surface area contributed by atoms with Crippen LogP contribution in [0.2, 0.25) is 0 Å². The van der Waals surface area contributed by atoms with E-state index in [2.05, 4.69) is 61.3 Å². The van der Waals surface area contributed by atoms with Crippen LogP contribution in [-0.2, 0) is 0 Å². The van der Waals surface area contributed by atoms with Crippen LogP contribution in [0.3, 0.4) is 0 Å². The summed E-state index contributed by atoms with van der Waals surface area (Å²) in [5.41, 5.74) is 1.47. The van der Waals surface area contributed by atoms with Gasteiger partial charge >= 0.3 is 0 Å². The summed E-state index contributed by atoms with van der Waals surface area (Å²) >= 11 is 2.14. The fourth-order valence-corrected chi connectivity index (χ4v) is 4.11. The minimum absolute atomic E-state index is 0.663. The first-order chi connectivity index (χ1) is 9.29. The Morgan fingerprint density at radius 2 is 2.05 bits per heavy atom. The van der Waals surface area contributed by atoms with Gasteiger partial charge in [0.2, 0.25) is 0 Å². The molecule has 1 N–H and O–H groups in total. The zero-order valence-corrected chi connectivity index (χ0v) is 13.1. The molecule has 106 valence electrons. The van der Waals surface area contributed by atoms with Crippen molar-refractivity contribution in [3.05, 3.63) is 35.9 Å². The molecular formula is C17H27NS. The molecule has 0 aromatic heterocycles. The largest absolute Gasteiger partial charge is 0.314 e. The van der Waals surface area contributed by atoms with Crippen LogP contribution in [0.5, 0.6) is 0 Å². The summed E-state index contributed by atoms with van der Waals surface area (Å²) in [6.07, 6.45) is 5.39. The number of hydrogen-bond acceptors (Lipinski definition) is 2. The third kappa shape index (κ3) is 4.85. The standard InChI is InChI=1S/C17H27NS/c1-3-19-17-10-9-16(13-17)18-12-11-14(2)15-7-5-4-6-8-15/h4-8,14,16-18H,3,9-13H2,1-2H3. The molecule has 2 heteroatoms. The fraction of sp³-hybridized carbons (Fsp3) is 0.647. The maximum atomic E-state index is 3.76. The second-order valence-corrected chi connectivity index (χ2v) is 7.22. The van der Waals surface area contributed by atoms with Crippen molar-refractivity contribution in [1.29, 1.82) is 0 Å². The van der Waals surface area contributed by atoms with Crippen molar-refractivity contribution in [3.8, 4) is 0 Å². The first kappa shape index (κ1) is 14.9. The van der Waals surface area contributed by atoms with Crippen LogP contribution in [0.4, 0.5) is 0 Å². The molecule has 0 aliphatic heterocycles. The molecule has 19 heavy (non-hydrogen) atoms. The highest BCUT2D eigenvalue weighted by atomic mass is 32.2. The Kier molecular flexibility index (Phi) is 6.25. The lowest BCUT2D eigenvalue weighted by Crippen LogP contribution is -2.28. The van der Waals surface area contributed by atoms with Crippen LogP contribution in [0.15, 0.2) is 30.3 Å². The Hall–Kier alpha value is -0.470. The Bertz CT molecular complexity index is 352. The van der Waals surface area contributed by atoms with Crippen molar-refractivity contribution >= 4 is 11.8 Å². The van der Waals surface area contributed by atoms with Gasteiger partial charge in [-0.25, -0.2) is 0 Å². The van der Waals surface area contributed by atoms with Crippen LogP contribution < -0.4 is 5.32 Å². The van der Waals surface area contributed by atoms with Gasteiger partial charge in [-0.05, 0) is 49.5 Å². The monoisotopic (exact) mass is 277 g/mol. The van der Waals surface area contributed by atoms with E-state index in [-0.39, 0.29) is 0 Å². The average molecular weight is 277 g/mol. The van der Waals surface area contributed by atoms with Crippen LogP contribution in [0, 0.1) is 0 Å². The fourth-order valence-electron chi connectivity index (χ4n) is 2.96. The topological polar surface area (TPSA) is 12.0 Å². The summed E-state index contributed by atoms with van der Waals surface area (Å²) in [6, 6.07) is 11.6. The molecule has 0 heterocycles. The van der Waals surface area contributed by atoms with Crippen molar-refractivity contribution in [2.45, 2.75) is 56.7 Å². The Morgan fingerprint density at radius 3 is 2.79 bits per heavy atom. The van der Waals surface area contributed by atoms with Gasteiger partial charge in [0.25, 0.3) is 0 Å². The highest BCUT2D eigenvalue weighted by molar-refractivity contribution is 7.99. The van der Waals surface area contributed by atoms with Crippen molar-refractivity contribution in [2.24, 2.45) is 0 Å². The normalized spacial score (nSPS) is 24.5. The molecule has 0 bridgehead atoms. The molecular weight excluding hydrogens is 250 g/mol. The number of thioether (sulfide) groups is 1. The van der Waals surface area contributed by atoms with Crippen LogP contribution in [0.1, 0.15) is 51.0 Å². The molecule has 1 nitrogen and oxygen atoms in total. The third-order valence-electron chi connectivity index (χ3n) is 4.17. The molecule has 2 rings (SSSR count). The van der Waals surface area contributed by atoms with Crippen LogP contribution >= 0.6 is 11.8 Å². The Labute approximate surface area is 122 Å². The molecule has 3 atom stereocenters. The highest BCUT2D eigenvalue weighted by Crippen LogP contribution is 2.29. The van der Waals surface area contributed by atoms with E-state index in [0.29, 0.717) is 5.92 Å². The van der Waals surface area contributed by atoms with Crippen LogP contribution in [-0.4, -0.2) is 23.6 Å². The number of rotatable bonds is 7. The summed E-state index contributed by atoms with van der Waals surface area (Å²) in [7, 11) is 0. The van der Waals surface area contributed by atoms with Crippen molar-refractivity contribution in [3.63, 3.8) is 0 Å². The Morgan fingerprint density at radius 1 is 1.26 bits per heavy atom. The molecule has 1 aliphatic carbocycles. The lowest BCUT2D eigenvalue weighted by atomic mass is 9.98. The van der Waals surface area contributed by atoms with Gasteiger partial charge in [-0.3, -0.25) is 0 Å². The van der Waals surface area contributed by atoms with Gasteiger partial charge in [0.1, 0.15) is 0 Å². The summed E-state index contributed by atoms with van der Waals surface area (Å²) < 4.78 is 0.